The van der Waals surface area contributed by atoms with Crippen molar-refractivity contribution in [1.29, 1.82) is 0 Å². The number of halogens is 9. The molecule has 2 aliphatic carbocycles. The first-order valence-corrected chi connectivity index (χ1v) is 43.7. The van der Waals surface area contributed by atoms with Crippen LogP contribution in [-0.4, -0.2) is 140 Å². The van der Waals surface area contributed by atoms with Crippen LogP contribution < -0.4 is 0 Å². The minimum Gasteiger partial charge on any atom is -0.508 e. The van der Waals surface area contributed by atoms with Crippen LogP contribution in [-0.2, 0) is 96.9 Å². The number of hydrogen-bond donors (Lipinski definition) is 1. The van der Waals surface area contributed by atoms with Crippen LogP contribution in [0.1, 0.15) is 320 Å². The van der Waals surface area contributed by atoms with Crippen molar-refractivity contribution in [3.05, 3.63) is 101 Å². The van der Waals surface area contributed by atoms with Gasteiger partial charge in [-0.25, -0.2) is 9.59 Å². The molecule has 3 aromatic carbocycles. The first-order chi connectivity index (χ1) is 56.8. The zero-order valence-corrected chi connectivity index (χ0v) is 76.9. The number of aromatic hydroxyl groups is 1. The lowest BCUT2D eigenvalue weighted by Gasteiger charge is -2.33. The van der Waals surface area contributed by atoms with Crippen LogP contribution in [0.25, 0.3) is 0 Å². The molecule has 2 saturated carbocycles. The Kier molecular flexibility index (Phi) is 39.7. The van der Waals surface area contributed by atoms with Crippen LogP contribution in [0.3, 0.4) is 0 Å². The molecule has 1 N–H and O–H groups in total. The average molecular weight is 1760 g/mol. The van der Waals surface area contributed by atoms with E-state index in [1.54, 1.807) is 53.7 Å². The molecular formula is C94H139F9O20. The second-order valence-electron chi connectivity index (χ2n) is 37.0. The zero-order chi connectivity index (χ0) is 93.7. The molecule has 4 saturated heterocycles. The van der Waals surface area contributed by atoms with Gasteiger partial charge >= 0.3 is 66.3 Å². The fraction of sp³-hybridized carbons (Fsp3) is 0.723. The van der Waals surface area contributed by atoms with E-state index in [0.29, 0.717) is 61.0 Å². The number of fused-ring (bicyclic) bond motifs is 4. The van der Waals surface area contributed by atoms with E-state index in [2.05, 4.69) is 110 Å². The summed E-state index contributed by atoms with van der Waals surface area (Å²) in [6.45, 7) is 50.0. The van der Waals surface area contributed by atoms with Gasteiger partial charge in [-0.1, -0.05) is 191 Å². The van der Waals surface area contributed by atoms with E-state index >= 15 is 0 Å². The summed E-state index contributed by atoms with van der Waals surface area (Å²) in [5.74, 6) is -6.57. The third-order valence-corrected chi connectivity index (χ3v) is 25.1. The number of phenols is 1. The van der Waals surface area contributed by atoms with Crippen molar-refractivity contribution >= 4 is 47.8 Å². The number of benzene rings is 3. The van der Waals surface area contributed by atoms with Gasteiger partial charge in [0, 0.05) is 17.4 Å². The van der Waals surface area contributed by atoms with Gasteiger partial charge in [-0.3, -0.25) is 28.8 Å². The number of phenolic OH excluding ortho intramolecular Hbond substituents is 1. The van der Waals surface area contributed by atoms with Gasteiger partial charge in [0.05, 0.1) is 40.4 Å². The normalized spacial score (nSPS) is 23.8. The predicted octanol–water partition coefficient (Wildman–Crippen LogP) is 22.5. The van der Waals surface area contributed by atoms with Crippen LogP contribution in [0.5, 0.6) is 5.75 Å². The summed E-state index contributed by atoms with van der Waals surface area (Å²) in [6, 6.07) is 22.0. The van der Waals surface area contributed by atoms with Gasteiger partial charge in [0.1, 0.15) is 24.1 Å². The first-order valence-electron chi connectivity index (χ1n) is 43.7. The van der Waals surface area contributed by atoms with Crippen molar-refractivity contribution in [3.8, 4) is 5.75 Å². The van der Waals surface area contributed by atoms with E-state index < -0.39 is 150 Å². The van der Waals surface area contributed by atoms with Crippen LogP contribution in [0.2, 0.25) is 0 Å². The van der Waals surface area contributed by atoms with Gasteiger partial charge < -0.3 is 57.2 Å². The maximum absolute atomic E-state index is 12.8. The maximum atomic E-state index is 12.8. The molecule has 20 nitrogen and oxygen atoms in total. The Morgan fingerprint density at radius 2 is 0.951 bits per heavy atom. The van der Waals surface area contributed by atoms with Gasteiger partial charge in [0.2, 0.25) is 6.10 Å². The van der Waals surface area contributed by atoms with E-state index in [1.807, 2.05) is 60.6 Å². The number of rotatable bonds is 31. The summed E-state index contributed by atoms with van der Waals surface area (Å²) in [4.78, 5) is 97.6. The topological polar surface area (TPSA) is 258 Å². The van der Waals surface area contributed by atoms with E-state index in [-0.39, 0.29) is 40.2 Å². The van der Waals surface area contributed by atoms with Gasteiger partial charge in [-0.05, 0) is 203 Å². The van der Waals surface area contributed by atoms with Crippen LogP contribution in [0.15, 0.2) is 72.8 Å². The van der Waals surface area contributed by atoms with Crippen LogP contribution >= 0.6 is 0 Å². The third-order valence-electron chi connectivity index (χ3n) is 25.1. The molecule has 0 aromatic heterocycles. The van der Waals surface area contributed by atoms with Crippen LogP contribution in [0.4, 0.5) is 39.5 Å². The van der Waals surface area contributed by atoms with E-state index in [0.717, 1.165) is 39.0 Å². The lowest BCUT2D eigenvalue weighted by atomic mass is 9.73. The monoisotopic (exact) mass is 1760 g/mol. The molecule has 16 unspecified atom stereocenters. The summed E-state index contributed by atoms with van der Waals surface area (Å²) < 4.78 is 173. The number of unbranched alkanes of at least 4 members (excludes halogenated alkanes) is 2. The second-order valence-corrected chi connectivity index (χ2v) is 37.0. The van der Waals surface area contributed by atoms with Crippen molar-refractivity contribution in [1.82, 2.24) is 0 Å². The molecule has 123 heavy (non-hydrogen) atoms. The number of carbonyl (C=O) groups excluding carboxylic acids is 8. The Balaban J connectivity index is 0.000000327. The first kappa shape index (κ1) is 108. The Hall–Kier alpha value is -7.53. The molecule has 6 aliphatic rings. The van der Waals surface area contributed by atoms with Crippen molar-refractivity contribution in [2.75, 3.05) is 13.2 Å². The third kappa shape index (κ3) is 29.0. The largest absolute Gasteiger partial charge is 0.508 e. The number of esters is 8. The molecule has 6 fully saturated rings. The molecule has 4 aliphatic heterocycles. The minimum atomic E-state index is -5.89. The molecule has 4 heterocycles. The standard InChI is InChI=1S/C24H27F3O9.C18H20F6O6.2C14H28O2.C14H22.C10H14O/c1-6-22(3,4)21(30)34-16-14-15(32-19(16)29)17-20(33-14)36-23(5,35-17)13-9-7-12(8-10-13)18(28)31-11(2)24(25,26)27;1-4-15(2,3)12(25)28-9-7-5-8-10(9)29-13(26)16(8,6-7)14(27)30-11(17(19,20)21)18(22,23)24;2*1-6-9-10-12(7-2)11-16-13(15)14(4,5)8-3;1-6-11(2)12-7-9-13(10-8-12)14(3,4)5;1-3-8(2)9-4-6-10(11)7-5-9/h7-11,14-17,20H,6H2,1-5H3;7-11H,4-6H2,1-3H3;2*12H,6-11H2,1-5H3;7-11H,6H2,1-5H3;4-8,11H,3H2,1-2H3. The Bertz CT molecular complexity index is 3810. The van der Waals surface area contributed by atoms with Crippen molar-refractivity contribution in [2.45, 2.75) is 373 Å². The van der Waals surface area contributed by atoms with E-state index in [4.69, 9.17) is 47.7 Å². The summed E-state index contributed by atoms with van der Waals surface area (Å²) in [7, 11) is 0. The number of ether oxygens (including phenoxy) is 11. The molecule has 2 bridgehead atoms. The smallest absolute Gasteiger partial charge is 0.434 e. The highest BCUT2D eigenvalue weighted by molar-refractivity contribution is 6.03. The Labute approximate surface area is 722 Å². The molecule has 0 spiro atoms. The molecule has 9 rings (SSSR count). The SMILES string of the molecule is CCC(C)(C)C(=O)OC1C(=O)OC2C3OC(C)(c4ccc(C(=O)OC(C)C(F)(F)F)cc4)OC3OC12.CCC(C)(C)C(=O)OC1C2CC3C1OC(=O)C3(C(=O)OC(C(F)(F)F)C(F)(F)F)C2.CCC(C)c1ccc(C(C)(C)C)cc1.CCC(C)c1ccc(O)cc1.CCCCC(CC)COC(=O)C(C)(C)CC.CCCCC(CC)COC(=O)C(C)(C)CC. The lowest BCUT2D eigenvalue weighted by molar-refractivity contribution is -0.315. The quantitative estimate of drug-likeness (QED) is 0.0272. The van der Waals surface area contributed by atoms with E-state index in [1.165, 1.54) is 85.9 Å². The van der Waals surface area contributed by atoms with Crippen LogP contribution in [0, 0.1) is 50.7 Å². The summed E-state index contributed by atoms with van der Waals surface area (Å²) in [6.07, 6.45) is -15.8. The van der Waals surface area contributed by atoms with Gasteiger partial charge in [-0.2, -0.15) is 39.5 Å². The summed E-state index contributed by atoms with van der Waals surface area (Å²) >= 11 is 0. The molecule has 16 atom stereocenters. The molecule has 698 valence electrons. The van der Waals surface area contributed by atoms with Crippen molar-refractivity contribution in [2.24, 2.45) is 50.7 Å². The van der Waals surface area contributed by atoms with Gasteiger partial charge in [0.25, 0.3) is 6.10 Å². The van der Waals surface area contributed by atoms with Gasteiger partial charge in [0.15, 0.2) is 35.8 Å². The highest BCUT2D eigenvalue weighted by atomic mass is 19.4. The highest BCUT2D eigenvalue weighted by Gasteiger charge is 2.77. The zero-order valence-electron chi connectivity index (χ0n) is 76.9. The number of hydrogen-bond acceptors (Lipinski definition) is 20. The number of carbonyl (C=O) groups is 8. The molecule has 0 radical (unpaired) electrons. The average Bonchev–Trinajstić information content (AvgIpc) is 1.53. The predicted molar refractivity (Wildman–Crippen MR) is 445 cm³/mol. The lowest BCUT2D eigenvalue weighted by Crippen LogP contribution is -2.51. The fourth-order valence-corrected chi connectivity index (χ4v) is 13.8. The second kappa shape index (κ2) is 45.3. The van der Waals surface area contributed by atoms with Crippen molar-refractivity contribution < 1.29 is 135 Å². The summed E-state index contributed by atoms with van der Waals surface area (Å²) in [5, 5.41) is 9.01. The fourth-order valence-electron chi connectivity index (χ4n) is 13.8. The van der Waals surface area contributed by atoms with Crippen molar-refractivity contribution in [3.63, 3.8) is 0 Å². The Morgan fingerprint density at radius 1 is 0.512 bits per heavy atom. The van der Waals surface area contributed by atoms with Gasteiger partial charge in [-0.15, -0.1) is 0 Å². The highest BCUT2D eigenvalue weighted by Crippen LogP contribution is 2.64. The molecule has 0 amide bonds. The molecule has 3 aromatic rings. The summed E-state index contributed by atoms with van der Waals surface area (Å²) in [5.41, 5.74) is 0.254. The number of alkyl halides is 9. The maximum Gasteiger partial charge on any atom is 0.434 e. The van der Waals surface area contributed by atoms with E-state index in [9.17, 15) is 77.9 Å². The molecular weight excluding hydrogens is 1620 g/mol. The Morgan fingerprint density at radius 3 is 1.36 bits per heavy atom. The minimum absolute atomic E-state index is 0.0510. The molecule has 29 heteroatoms.